The number of allylic oxidation sites excluding steroid dienone is 4. The van der Waals surface area contributed by atoms with E-state index < -0.39 is 18.6 Å². The first-order valence-corrected chi connectivity index (χ1v) is 9.40. The minimum Gasteiger partial charge on any atom is -0.147 e. The third-order valence-corrected chi connectivity index (χ3v) is 7.75. The van der Waals surface area contributed by atoms with Gasteiger partial charge in [0, 0.05) is 0 Å². The summed E-state index contributed by atoms with van der Waals surface area (Å²) in [7, 11) is 0. The van der Waals surface area contributed by atoms with E-state index >= 15 is 0 Å². The second-order valence-corrected chi connectivity index (χ2v) is 8.13. The van der Waals surface area contributed by atoms with Crippen LogP contribution in [-0.2, 0) is 34.9 Å². The summed E-state index contributed by atoms with van der Waals surface area (Å²) in [4.78, 5) is 23.4. The van der Waals surface area contributed by atoms with Crippen LogP contribution in [0.15, 0.2) is 20.6 Å². The fourth-order valence-corrected chi connectivity index (χ4v) is 5.82. The quantitative estimate of drug-likeness (QED) is 0.677. The Bertz CT molecular complexity index is 502. The van der Waals surface area contributed by atoms with Crippen LogP contribution in [0, 0.1) is 5.41 Å². The first-order chi connectivity index (χ1) is 9.66. The van der Waals surface area contributed by atoms with Crippen LogP contribution in [0.3, 0.4) is 0 Å². The van der Waals surface area contributed by atoms with Crippen molar-refractivity contribution in [3.8, 4) is 0 Å². The number of halogens is 1. The maximum atomic E-state index is 11.7. The molecule has 0 bridgehead atoms. The minimum atomic E-state index is -2.88. The van der Waals surface area contributed by atoms with Gasteiger partial charge in [-0.2, -0.15) is 0 Å². The molecule has 0 fully saturated rings. The third-order valence-electron chi connectivity index (χ3n) is 4.26. The van der Waals surface area contributed by atoms with Gasteiger partial charge in [0.1, 0.15) is 0 Å². The number of hydrogen-bond donors (Lipinski definition) is 0. The van der Waals surface area contributed by atoms with Crippen molar-refractivity contribution in [2.45, 2.75) is 61.3 Å². The monoisotopic (exact) mass is 365 g/mol. The zero-order valence-corrected chi connectivity index (χ0v) is 16.8. The van der Waals surface area contributed by atoms with Crippen molar-refractivity contribution in [1.82, 2.24) is 0 Å². The van der Waals surface area contributed by atoms with Crippen LogP contribution in [0.25, 0.3) is 0 Å². The van der Waals surface area contributed by atoms with Crippen molar-refractivity contribution in [2.24, 2.45) is 5.41 Å². The number of carbonyl (C=O) groups excluding carboxylic acids is 2. The third kappa shape index (κ3) is 4.24. The second kappa shape index (κ2) is 8.33. The van der Waals surface area contributed by atoms with Crippen molar-refractivity contribution in [2.75, 3.05) is 0 Å². The Hall–Kier alpha value is -0.576. The van der Waals surface area contributed by atoms with Crippen molar-refractivity contribution in [1.29, 1.82) is 0 Å². The molecule has 0 spiro atoms. The summed E-state index contributed by atoms with van der Waals surface area (Å²) < 4.78 is 12.1. The molecule has 0 saturated heterocycles. The van der Waals surface area contributed by atoms with E-state index in [9.17, 15) is 9.59 Å². The molecule has 1 aliphatic carbocycles. The fraction of sp³-hybridized carbons (Fsp3) is 0.625. The number of hydrogen-bond acceptors (Lipinski definition) is 4. The molecular formula is C16H26ClO4Ti. The maximum absolute atomic E-state index is 11.7. The second-order valence-electron chi connectivity index (χ2n) is 5.82. The maximum Gasteiger partial charge on any atom is -0.147 e. The van der Waals surface area contributed by atoms with Crippen LogP contribution in [-0.4, -0.2) is 11.9 Å². The van der Waals surface area contributed by atoms with Gasteiger partial charge >= 0.3 is 134 Å². The molecule has 0 heterocycles. The molecule has 0 saturated carbocycles. The molecule has 22 heavy (non-hydrogen) atoms. The molecule has 0 aliphatic heterocycles. The Morgan fingerprint density at radius 1 is 0.955 bits per heavy atom. The van der Waals surface area contributed by atoms with Gasteiger partial charge < -0.3 is 0 Å². The average Bonchev–Trinajstić information content (AvgIpc) is 2.58. The van der Waals surface area contributed by atoms with E-state index in [0.717, 1.165) is 9.45 Å². The van der Waals surface area contributed by atoms with Crippen LogP contribution < -0.4 is 0 Å². The van der Waals surface area contributed by atoms with Gasteiger partial charge in [-0.3, -0.25) is 0 Å². The van der Waals surface area contributed by atoms with Gasteiger partial charge in [-0.1, -0.05) is 0 Å². The smallest absolute Gasteiger partial charge is 0.147 e. The summed E-state index contributed by atoms with van der Waals surface area (Å²) in [5, 5.41) is 0. The molecule has 0 atom stereocenters. The molecule has 0 radical (unpaired) electrons. The molecule has 0 aromatic carbocycles. The van der Waals surface area contributed by atoms with Gasteiger partial charge in [0.25, 0.3) is 0 Å². The van der Waals surface area contributed by atoms with Crippen LogP contribution in [0.1, 0.15) is 61.3 Å². The van der Waals surface area contributed by atoms with Crippen molar-refractivity contribution in [3.05, 3.63) is 20.6 Å². The Kier molecular flexibility index (Phi) is 8.11. The van der Waals surface area contributed by atoms with Crippen LogP contribution in [0.5, 0.6) is 0 Å². The van der Waals surface area contributed by atoms with Crippen molar-refractivity contribution < 1.29 is 34.9 Å². The van der Waals surface area contributed by atoms with Gasteiger partial charge in [0.05, 0.1) is 0 Å². The molecule has 0 aromatic heterocycles. The molecule has 0 amide bonds. The van der Waals surface area contributed by atoms with E-state index in [2.05, 4.69) is 27.7 Å². The van der Waals surface area contributed by atoms with Crippen molar-refractivity contribution in [3.63, 3.8) is 0 Å². The van der Waals surface area contributed by atoms with Gasteiger partial charge in [-0.05, 0) is 0 Å². The molecule has 0 unspecified atom stereocenters. The Morgan fingerprint density at radius 3 is 1.64 bits per heavy atom. The predicted octanol–water partition coefficient (Wildman–Crippen LogP) is 4.41. The topological polar surface area (TPSA) is 52.6 Å². The largest absolute Gasteiger partial charge is 0.147 e. The van der Waals surface area contributed by atoms with Crippen LogP contribution >= 0.6 is 12.4 Å². The van der Waals surface area contributed by atoms with Gasteiger partial charge in [-0.25, -0.2) is 0 Å². The standard InChI is InChI=1S/C10H15.2C3H6O2.ClH.Ti/c1-7-6-10(4,5)9(3)8(7)2;2*1-2-3(4)5;;/h1-5H3;2*2H2,1H3,(H,4,5);1H;/q;;;;+2/p-2. The molecular weight excluding hydrogens is 339 g/mol. The van der Waals surface area contributed by atoms with E-state index in [1.807, 2.05) is 6.92 Å². The van der Waals surface area contributed by atoms with E-state index in [0.29, 0.717) is 12.8 Å². The average molecular weight is 366 g/mol. The predicted molar refractivity (Wildman–Crippen MR) is 84.9 cm³/mol. The first-order valence-electron chi connectivity index (χ1n) is 7.35. The fourth-order valence-electron chi connectivity index (χ4n) is 2.48. The van der Waals surface area contributed by atoms with Gasteiger partial charge in [0.15, 0.2) is 0 Å². The summed E-state index contributed by atoms with van der Waals surface area (Å²) in [6, 6.07) is 0. The summed E-state index contributed by atoms with van der Waals surface area (Å²) in [6.07, 6.45) is 0.580. The Labute approximate surface area is 146 Å². The zero-order valence-electron chi connectivity index (χ0n) is 14.5. The SMILES string of the molecule is CCC(=O)[O][Ti]([O]C(=O)CC)[C]1=C(C)C(C)=C(C)C1(C)C.Cl. The Balaban J connectivity index is 0.00000441. The van der Waals surface area contributed by atoms with E-state index in [4.69, 9.17) is 6.64 Å². The molecule has 4 nitrogen and oxygen atoms in total. The molecule has 1 rings (SSSR count). The molecule has 0 aromatic rings. The zero-order chi connectivity index (χ0) is 16.4. The van der Waals surface area contributed by atoms with Crippen LogP contribution in [0.4, 0.5) is 0 Å². The summed E-state index contributed by atoms with van der Waals surface area (Å²) in [6.45, 7) is 13.9. The minimum absolute atomic E-state index is 0. The van der Waals surface area contributed by atoms with E-state index in [-0.39, 0.29) is 29.8 Å². The van der Waals surface area contributed by atoms with Crippen LogP contribution in [0.2, 0.25) is 0 Å². The normalized spacial score (nSPS) is 16.3. The number of rotatable bonds is 5. The summed E-state index contributed by atoms with van der Waals surface area (Å²) >= 11 is -2.88. The molecule has 1 aliphatic rings. The van der Waals surface area contributed by atoms with Gasteiger partial charge in [-0.15, -0.1) is 12.4 Å². The molecule has 0 N–H and O–H groups in total. The van der Waals surface area contributed by atoms with Crippen molar-refractivity contribution >= 4 is 24.3 Å². The number of carbonyl (C=O) groups is 2. The Morgan fingerprint density at radius 2 is 1.36 bits per heavy atom. The summed E-state index contributed by atoms with van der Waals surface area (Å²) in [5.74, 6) is -0.598. The van der Waals surface area contributed by atoms with E-state index in [1.54, 1.807) is 13.8 Å². The summed E-state index contributed by atoms with van der Waals surface area (Å²) in [5.41, 5.74) is 3.35. The molecule has 6 heteroatoms. The molecule has 125 valence electrons. The van der Waals surface area contributed by atoms with E-state index in [1.165, 1.54) is 11.1 Å². The first kappa shape index (κ1) is 21.4. The van der Waals surface area contributed by atoms with Gasteiger partial charge in [0.2, 0.25) is 0 Å².